The Labute approximate surface area is 84.1 Å². The van der Waals surface area contributed by atoms with Gasteiger partial charge >= 0.3 is 0 Å². The molecule has 1 rings (SSSR count). The predicted molar refractivity (Wildman–Crippen MR) is 55.1 cm³/mol. The maximum atomic E-state index is 11.5. The lowest BCUT2D eigenvalue weighted by atomic mass is 10.1. The Balaban J connectivity index is 2.40. The summed E-state index contributed by atoms with van der Waals surface area (Å²) < 4.78 is 0. The lowest BCUT2D eigenvalue weighted by Crippen LogP contribution is -2.25. The highest BCUT2D eigenvalue weighted by Crippen LogP contribution is 2.02. The summed E-state index contributed by atoms with van der Waals surface area (Å²) in [5.41, 5.74) is 1.45. The minimum absolute atomic E-state index is 0.0445. The van der Waals surface area contributed by atoms with Crippen LogP contribution < -0.4 is 5.32 Å². The smallest absolute Gasteiger partial charge is 0.254 e. The number of aryl methyl sites for hydroxylation is 1. The van der Waals surface area contributed by atoms with Gasteiger partial charge in [-0.3, -0.25) is 9.89 Å². The Kier molecular flexibility index (Phi) is 3.68. The highest BCUT2D eigenvalue weighted by Gasteiger charge is 2.09. The minimum Gasteiger partial charge on any atom is -0.352 e. The Hall–Kier alpha value is -1.32. The van der Waals surface area contributed by atoms with Crippen LogP contribution in [-0.4, -0.2) is 22.6 Å². The molecule has 1 amide bonds. The van der Waals surface area contributed by atoms with Crippen LogP contribution in [0, 0.1) is 12.8 Å². The Morgan fingerprint density at radius 2 is 2.36 bits per heavy atom. The fraction of sp³-hybridized carbons (Fsp3) is 0.600. The van der Waals surface area contributed by atoms with Crippen LogP contribution in [0.15, 0.2) is 6.20 Å². The molecular formula is C10H17N3O. The van der Waals surface area contributed by atoms with Crippen LogP contribution in [0.2, 0.25) is 0 Å². The molecule has 0 aliphatic heterocycles. The van der Waals surface area contributed by atoms with Crippen molar-refractivity contribution in [1.29, 1.82) is 0 Å². The van der Waals surface area contributed by atoms with Gasteiger partial charge in [0.1, 0.15) is 0 Å². The Morgan fingerprint density at radius 3 is 2.86 bits per heavy atom. The number of carbonyl (C=O) groups excluding carboxylic acids is 1. The van der Waals surface area contributed by atoms with E-state index in [1.165, 1.54) is 0 Å². The normalized spacial score (nSPS) is 10.6. The molecule has 1 aromatic heterocycles. The minimum atomic E-state index is -0.0445. The van der Waals surface area contributed by atoms with Crippen molar-refractivity contribution in [1.82, 2.24) is 15.5 Å². The van der Waals surface area contributed by atoms with Gasteiger partial charge in [0.15, 0.2) is 0 Å². The van der Waals surface area contributed by atoms with E-state index in [1.807, 2.05) is 6.92 Å². The van der Waals surface area contributed by atoms with Crippen LogP contribution in [0.4, 0.5) is 0 Å². The highest BCUT2D eigenvalue weighted by atomic mass is 16.1. The maximum absolute atomic E-state index is 11.5. The number of rotatable bonds is 4. The molecular weight excluding hydrogens is 178 g/mol. The quantitative estimate of drug-likeness (QED) is 0.764. The number of carbonyl (C=O) groups is 1. The molecule has 0 spiro atoms. The molecule has 0 saturated heterocycles. The van der Waals surface area contributed by atoms with Crippen molar-refractivity contribution in [3.63, 3.8) is 0 Å². The molecule has 0 aliphatic rings. The maximum Gasteiger partial charge on any atom is 0.254 e. The molecule has 0 aromatic carbocycles. The first kappa shape index (κ1) is 10.8. The van der Waals surface area contributed by atoms with Crippen LogP contribution >= 0.6 is 0 Å². The first-order valence-electron chi connectivity index (χ1n) is 4.89. The zero-order valence-electron chi connectivity index (χ0n) is 8.92. The lowest BCUT2D eigenvalue weighted by Gasteiger charge is -2.06. The van der Waals surface area contributed by atoms with Crippen LogP contribution in [0.25, 0.3) is 0 Å². The number of amides is 1. The Morgan fingerprint density at radius 1 is 1.64 bits per heavy atom. The second-order valence-corrected chi connectivity index (χ2v) is 3.85. The fourth-order valence-electron chi connectivity index (χ4n) is 1.15. The van der Waals surface area contributed by atoms with Gasteiger partial charge in [0, 0.05) is 12.2 Å². The summed E-state index contributed by atoms with van der Waals surface area (Å²) in [5, 5.41) is 9.40. The molecule has 14 heavy (non-hydrogen) atoms. The molecule has 4 heteroatoms. The predicted octanol–water partition coefficient (Wildman–Crippen LogP) is 1.49. The van der Waals surface area contributed by atoms with E-state index >= 15 is 0 Å². The monoisotopic (exact) mass is 195 g/mol. The molecule has 0 bridgehead atoms. The average molecular weight is 195 g/mol. The van der Waals surface area contributed by atoms with E-state index in [4.69, 9.17) is 0 Å². The molecule has 0 fully saturated rings. The van der Waals surface area contributed by atoms with Crippen molar-refractivity contribution in [2.24, 2.45) is 5.92 Å². The summed E-state index contributed by atoms with van der Waals surface area (Å²) in [6.45, 7) is 6.83. The molecule has 0 radical (unpaired) electrons. The van der Waals surface area contributed by atoms with E-state index in [1.54, 1.807) is 6.20 Å². The third-order valence-electron chi connectivity index (χ3n) is 2.08. The number of nitrogens with one attached hydrogen (secondary N) is 2. The van der Waals surface area contributed by atoms with Crippen molar-refractivity contribution in [2.75, 3.05) is 6.54 Å². The van der Waals surface area contributed by atoms with Gasteiger partial charge in [-0.1, -0.05) is 13.8 Å². The number of H-pyrrole nitrogens is 1. The molecule has 0 atom stereocenters. The number of hydrogen-bond acceptors (Lipinski definition) is 2. The molecule has 4 nitrogen and oxygen atoms in total. The third kappa shape index (κ3) is 2.87. The molecule has 1 aromatic rings. The van der Waals surface area contributed by atoms with Crippen LogP contribution in [-0.2, 0) is 0 Å². The van der Waals surface area contributed by atoms with Crippen LogP contribution in [0.5, 0.6) is 0 Å². The standard InChI is InChI=1S/C10H17N3O/c1-7(2)4-5-11-10(14)9-6-12-13-8(9)3/h6-7H,4-5H2,1-3H3,(H,11,14)(H,12,13). The molecule has 1 heterocycles. The van der Waals surface area contributed by atoms with Crippen LogP contribution in [0.1, 0.15) is 36.3 Å². The van der Waals surface area contributed by atoms with Crippen LogP contribution in [0.3, 0.4) is 0 Å². The van der Waals surface area contributed by atoms with E-state index in [9.17, 15) is 4.79 Å². The summed E-state index contributed by atoms with van der Waals surface area (Å²) in [6, 6.07) is 0. The molecule has 0 saturated carbocycles. The SMILES string of the molecule is Cc1[nH]ncc1C(=O)NCCC(C)C. The average Bonchev–Trinajstić information content (AvgIpc) is 2.50. The van der Waals surface area contributed by atoms with Gasteiger partial charge in [-0.15, -0.1) is 0 Å². The zero-order valence-corrected chi connectivity index (χ0v) is 8.92. The summed E-state index contributed by atoms with van der Waals surface area (Å²) in [7, 11) is 0. The van der Waals surface area contributed by atoms with Gasteiger partial charge < -0.3 is 5.32 Å². The van der Waals surface area contributed by atoms with Crippen molar-refractivity contribution in [2.45, 2.75) is 27.2 Å². The highest BCUT2D eigenvalue weighted by molar-refractivity contribution is 5.94. The van der Waals surface area contributed by atoms with Crippen molar-refractivity contribution in [3.8, 4) is 0 Å². The first-order chi connectivity index (χ1) is 6.61. The summed E-state index contributed by atoms with van der Waals surface area (Å²) in [6.07, 6.45) is 2.56. The van der Waals surface area contributed by atoms with E-state index in [0.29, 0.717) is 11.5 Å². The van der Waals surface area contributed by atoms with E-state index in [2.05, 4.69) is 29.4 Å². The number of aromatic amines is 1. The van der Waals surface area contributed by atoms with Crippen molar-refractivity contribution in [3.05, 3.63) is 17.5 Å². The summed E-state index contributed by atoms with van der Waals surface area (Å²) in [5.74, 6) is 0.567. The van der Waals surface area contributed by atoms with E-state index < -0.39 is 0 Å². The van der Waals surface area contributed by atoms with E-state index in [0.717, 1.165) is 18.7 Å². The zero-order chi connectivity index (χ0) is 10.6. The van der Waals surface area contributed by atoms with Crippen molar-refractivity contribution < 1.29 is 4.79 Å². The number of aromatic nitrogens is 2. The summed E-state index contributed by atoms with van der Waals surface area (Å²) >= 11 is 0. The van der Waals surface area contributed by atoms with Gasteiger partial charge in [0.25, 0.3) is 5.91 Å². The molecule has 78 valence electrons. The molecule has 2 N–H and O–H groups in total. The third-order valence-corrected chi connectivity index (χ3v) is 2.08. The van der Waals surface area contributed by atoms with Gasteiger partial charge in [-0.25, -0.2) is 0 Å². The second-order valence-electron chi connectivity index (χ2n) is 3.85. The first-order valence-corrected chi connectivity index (χ1v) is 4.89. The number of nitrogens with zero attached hydrogens (tertiary/aromatic N) is 1. The fourth-order valence-corrected chi connectivity index (χ4v) is 1.15. The summed E-state index contributed by atoms with van der Waals surface area (Å²) in [4.78, 5) is 11.5. The molecule has 0 aliphatic carbocycles. The molecule has 0 unspecified atom stereocenters. The topological polar surface area (TPSA) is 57.8 Å². The van der Waals surface area contributed by atoms with Gasteiger partial charge in [0.05, 0.1) is 11.8 Å². The van der Waals surface area contributed by atoms with E-state index in [-0.39, 0.29) is 5.91 Å². The van der Waals surface area contributed by atoms with Gasteiger partial charge in [0.2, 0.25) is 0 Å². The van der Waals surface area contributed by atoms with Gasteiger partial charge in [-0.05, 0) is 19.3 Å². The largest absolute Gasteiger partial charge is 0.352 e. The number of hydrogen-bond donors (Lipinski definition) is 2. The van der Waals surface area contributed by atoms with Gasteiger partial charge in [-0.2, -0.15) is 5.10 Å². The second kappa shape index (κ2) is 4.79. The lowest BCUT2D eigenvalue weighted by molar-refractivity contribution is 0.0951. The Bertz CT molecular complexity index is 304. The van der Waals surface area contributed by atoms with Crippen molar-refractivity contribution >= 4 is 5.91 Å².